The lowest BCUT2D eigenvalue weighted by Gasteiger charge is -2.08. The zero-order chi connectivity index (χ0) is 21.9. The van der Waals surface area contributed by atoms with E-state index in [1.54, 1.807) is 18.3 Å². The number of carboxylic acids is 1. The lowest BCUT2D eigenvalue weighted by molar-refractivity contribution is 0.0697. The van der Waals surface area contributed by atoms with Crippen molar-refractivity contribution in [3.05, 3.63) is 114 Å². The summed E-state index contributed by atoms with van der Waals surface area (Å²) in [5, 5.41) is 9.37. The van der Waals surface area contributed by atoms with E-state index in [2.05, 4.69) is 0 Å². The number of fused-ring (bicyclic) bond motifs is 1. The molecule has 0 spiro atoms. The van der Waals surface area contributed by atoms with Gasteiger partial charge in [-0.15, -0.1) is 0 Å². The normalized spacial score (nSPS) is 10.9. The Hall–Kier alpha value is -4.38. The number of ether oxygens (including phenoxy) is 1. The first-order valence-electron chi connectivity index (χ1n) is 10.3. The van der Waals surface area contributed by atoms with Gasteiger partial charge < -0.3 is 9.84 Å². The molecule has 2 aromatic heterocycles. The van der Waals surface area contributed by atoms with Gasteiger partial charge in [-0.05, 0) is 42.0 Å². The minimum absolute atomic E-state index is 0.207. The molecule has 5 rings (SSSR count). The fourth-order valence-electron chi connectivity index (χ4n) is 3.70. The van der Waals surface area contributed by atoms with Gasteiger partial charge in [0.15, 0.2) is 0 Å². The van der Waals surface area contributed by atoms with Gasteiger partial charge in [0.25, 0.3) is 0 Å². The van der Waals surface area contributed by atoms with Crippen LogP contribution in [-0.4, -0.2) is 20.5 Å². The molecule has 0 unspecified atom stereocenters. The van der Waals surface area contributed by atoms with Gasteiger partial charge in [-0.25, -0.2) is 9.78 Å². The molecule has 0 radical (unpaired) electrons. The van der Waals surface area contributed by atoms with Crippen LogP contribution in [0.4, 0.5) is 0 Å². The highest BCUT2D eigenvalue weighted by Crippen LogP contribution is 2.33. The molecule has 0 atom stereocenters. The molecule has 5 nitrogen and oxygen atoms in total. The van der Waals surface area contributed by atoms with E-state index in [0.29, 0.717) is 12.3 Å². The first kappa shape index (κ1) is 19.6. The van der Waals surface area contributed by atoms with Crippen LogP contribution in [0.1, 0.15) is 15.9 Å². The summed E-state index contributed by atoms with van der Waals surface area (Å²) in [6, 6.07) is 31.0. The second kappa shape index (κ2) is 8.40. The number of hydrogen-bond donors (Lipinski definition) is 1. The maximum atomic E-state index is 11.4. The maximum Gasteiger partial charge on any atom is 0.335 e. The van der Waals surface area contributed by atoms with Crippen molar-refractivity contribution in [1.82, 2.24) is 9.38 Å². The minimum atomic E-state index is -0.974. The van der Waals surface area contributed by atoms with Gasteiger partial charge in [0.1, 0.15) is 18.0 Å². The summed E-state index contributed by atoms with van der Waals surface area (Å²) in [6.45, 7) is 0.502. The molecule has 32 heavy (non-hydrogen) atoms. The van der Waals surface area contributed by atoms with Crippen molar-refractivity contribution in [2.75, 3.05) is 0 Å². The Morgan fingerprint density at radius 2 is 1.53 bits per heavy atom. The van der Waals surface area contributed by atoms with E-state index in [1.165, 1.54) is 0 Å². The van der Waals surface area contributed by atoms with Gasteiger partial charge in [0.05, 0.1) is 17.0 Å². The number of aromatic carboxylic acids is 1. The van der Waals surface area contributed by atoms with E-state index < -0.39 is 5.97 Å². The monoisotopic (exact) mass is 420 g/mol. The van der Waals surface area contributed by atoms with Gasteiger partial charge >= 0.3 is 5.97 Å². The van der Waals surface area contributed by atoms with Crippen LogP contribution < -0.4 is 4.74 Å². The molecule has 0 aliphatic rings. The van der Waals surface area contributed by atoms with Crippen molar-refractivity contribution < 1.29 is 14.6 Å². The van der Waals surface area contributed by atoms with E-state index in [4.69, 9.17) is 9.72 Å². The van der Waals surface area contributed by atoms with Crippen molar-refractivity contribution in [3.8, 4) is 28.3 Å². The summed E-state index contributed by atoms with van der Waals surface area (Å²) in [5.74, 6) is -0.200. The molecule has 0 aliphatic carbocycles. The van der Waals surface area contributed by atoms with E-state index >= 15 is 0 Å². The highest BCUT2D eigenvalue weighted by Gasteiger charge is 2.17. The van der Waals surface area contributed by atoms with Crippen LogP contribution in [-0.2, 0) is 6.61 Å². The summed E-state index contributed by atoms with van der Waals surface area (Å²) in [7, 11) is 0. The topological polar surface area (TPSA) is 63.8 Å². The fourth-order valence-corrected chi connectivity index (χ4v) is 3.70. The number of carboxylic acid groups (broad SMARTS) is 1. The van der Waals surface area contributed by atoms with E-state index in [9.17, 15) is 9.90 Å². The minimum Gasteiger partial charge on any atom is -0.489 e. The molecule has 2 heterocycles. The predicted octanol–water partition coefficient (Wildman–Crippen LogP) is 5.95. The molecule has 0 amide bonds. The van der Waals surface area contributed by atoms with Gasteiger partial charge in [-0.1, -0.05) is 60.7 Å². The smallest absolute Gasteiger partial charge is 0.335 e. The highest BCUT2D eigenvalue weighted by molar-refractivity contribution is 5.90. The molecular formula is C27H20N2O3. The zero-order valence-electron chi connectivity index (χ0n) is 17.2. The largest absolute Gasteiger partial charge is 0.489 e. The third-order valence-corrected chi connectivity index (χ3v) is 5.30. The SMILES string of the molecule is O=C(O)c1ccn2c(-c3ccccc3)c(-c3ccc(OCc4ccccc4)cc3)nc2c1. The third-order valence-electron chi connectivity index (χ3n) is 5.30. The summed E-state index contributed by atoms with van der Waals surface area (Å²) >= 11 is 0. The molecule has 0 saturated carbocycles. The van der Waals surface area contributed by atoms with Gasteiger partial charge in [0.2, 0.25) is 0 Å². The quantitative estimate of drug-likeness (QED) is 0.369. The fraction of sp³-hybridized carbons (Fsp3) is 0.0370. The molecule has 5 aromatic rings. The van der Waals surface area contributed by atoms with Crippen molar-refractivity contribution in [3.63, 3.8) is 0 Å². The van der Waals surface area contributed by atoms with Gasteiger partial charge in [-0.3, -0.25) is 4.40 Å². The van der Waals surface area contributed by atoms with Crippen LogP contribution in [0, 0.1) is 0 Å². The summed E-state index contributed by atoms with van der Waals surface area (Å²) < 4.78 is 7.84. The van der Waals surface area contributed by atoms with Crippen LogP contribution >= 0.6 is 0 Å². The number of rotatable bonds is 6. The number of pyridine rings is 1. The lowest BCUT2D eigenvalue weighted by atomic mass is 10.0. The Bertz CT molecular complexity index is 1380. The highest BCUT2D eigenvalue weighted by atomic mass is 16.5. The Kier molecular flexibility index (Phi) is 5.14. The standard InChI is InChI=1S/C27H20N2O3/c30-27(31)22-15-16-29-24(17-22)28-25(26(29)21-9-5-2-6-10-21)20-11-13-23(14-12-20)32-18-19-7-3-1-4-8-19/h1-17H,18H2,(H,30,31). The molecule has 0 bridgehead atoms. The summed E-state index contributed by atoms with van der Waals surface area (Å²) in [5.41, 5.74) is 5.53. The molecule has 0 fully saturated rings. The van der Waals surface area contributed by atoms with Gasteiger partial charge in [0, 0.05) is 17.3 Å². The molecule has 3 aromatic carbocycles. The third kappa shape index (κ3) is 3.84. The van der Waals surface area contributed by atoms with Gasteiger partial charge in [-0.2, -0.15) is 0 Å². The van der Waals surface area contributed by atoms with Crippen LogP contribution in [0.5, 0.6) is 5.75 Å². The van der Waals surface area contributed by atoms with Crippen molar-refractivity contribution in [2.24, 2.45) is 0 Å². The number of benzene rings is 3. The maximum absolute atomic E-state index is 11.4. The Labute approximate surface area is 185 Å². The van der Waals surface area contributed by atoms with Crippen molar-refractivity contribution in [2.45, 2.75) is 6.61 Å². The number of hydrogen-bond acceptors (Lipinski definition) is 3. The van der Waals surface area contributed by atoms with Crippen LogP contribution in [0.2, 0.25) is 0 Å². The van der Waals surface area contributed by atoms with Crippen LogP contribution in [0.25, 0.3) is 28.2 Å². The van der Waals surface area contributed by atoms with Crippen molar-refractivity contribution in [1.29, 1.82) is 0 Å². The average molecular weight is 420 g/mol. The Morgan fingerprint density at radius 3 is 2.22 bits per heavy atom. The molecule has 1 N–H and O–H groups in total. The molecule has 5 heteroatoms. The number of aromatic nitrogens is 2. The van der Waals surface area contributed by atoms with Crippen LogP contribution in [0.15, 0.2) is 103 Å². The molecule has 0 saturated heterocycles. The van der Waals surface area contributed by atoms with E-state index in [0.717, 1.165) is 33.8 Å². The first-order valence-corrected chi connectivity index (χ1v) is 10.3. The van der Waals surface area contributed by atoms with E-state index in [1.807, 2.05) is 89.3 Å². The molecule has 0 aliphatic heterocycles. The van der Waals surface area contributed by atoms with Crippen LogP contribution in [0.3, 0.4) is 0 Å². The summed E-state index contributed by atoms with van der Waals surface area (Å²) in [6.07, 6.45) is 1.76. The Morgan fingerprint density at radius 1 is 0.844 bits per heavy atom. The number of nitrogens with zero attached hydrogens (tertiary/aromatic N) is 2. The molecular weight excluding hydrogens is 400 g/mol. The lowest BCUT2D eigenvalue weighted by Crippen LogP contribution is -1.98. The average Bonchev–Trinajstić information content (AvgIpc) is 3.23. The van der Waals surface area contributed by atoms with Crippen molar-refractivity contribution >= 4 is 11.6 Å². The first-order chi connectivity index (χ1) is 15.7. The Balaban J connectivity index is 1.53. The zero-order valence-corrected chi connectivity index (χ0v) is 17.2. The predicted molar refractivity (Wildman–Crippen MR) is 124 cm³/mol. The summed E-state index contributed by atoms with van der Waals surface area (Å²) in [4.78, 5) is 16.2. The number of carbonyl (C=O) groups is 1. The van der Waals surface area contributed by atoms with E-state index in [-0.39, 0.29) is 5.56 Å². The second-order valence-electron chi connectivity index (χ2n) is 7.42. The second-order valence-corrected chi connectivity index (χ2v) is 7.42. The molecule has 156 valence electrons. The number of imidazole rings is 1.